The third kappa shape index (κ3) is 5.44. The van der Waals surface area contributed by atoms with Gasteiger partial charge in [-0.1, -0.05) is 30.3 Å². The van der Waals surface area contributed by atoms with E-state index in [4.69, 9.17) is 9.47 Å². The number of alkyl halides is 3. The topological polar surface area (TPSA) is 27.7 Å². The molecule has 0 aromatic heterocycles. The van der Waals surface area contributed by atoms with Gasteiger partial charge in [-0.25, -0.2) is 0 Å². The Kier molecular flexibility index (Phi) is 5.31. The van der Waals surface area contributed by atoms with Crippen LogP contribution in [0.1, 0.15) is 5.56 Å². The minimum absolute atomic E-state index is 0.297. The predicted octanol–water partition coefficient (Wildman–Crippen LogP) is 5.96. The summed E-state index contributed by atoms with van der Waals surface area (Å²) in [7, 11) is 0. The van der Waals surface area contributed by atoms with Crippen LogP contribution in [-0.4, -0.2) is 6.36 Å². The van der Waals surface area contributed by atoms with Crippen LogP contribution in [0, 0.1) is 0 Å². The Bertz CT molecular complexity index is 814. The zero-order valence-electron chi connectivity index (χ0n) is 13.6. The smallest absolute Gasteiger partial charge is 0.489 e. The summed E-state index contributed by atoms with van der Waals surface area (Å²) in [5.41, 5.74) is 1.06. The molecule has 0 aliphatic carbocycles. The Morgan fingerprint density at radius 2 is 1.12 bits per heavy atom. The summed E-state index contributed by atoms with van der Waals surface area (Å²) in [6.45, 7) is 0.460. The average molecular weight is 360 g/mol. The SMILES string of the molecule is FC(F)(F)Oc1ccc(Oc2ccc(OCc3ccccc3)cc2)cc1. The van der Waals surface area contributed by atoms with Gasteiger partial charge < -0.3 is 14.2 Å². The van der Waals surface area contributed by atoms with Crippen LogP contribution in [0.2, 0.25) is 0 Å². The molecule has 0 aliphatic rings. The third-order valence-corrected chi connectivity index (χ3v) is 3.37. The normalized spacial score (nSPS) is 11.0. The number of rotatable bonds is 6. The van der Waals surface area contributed by atoms with Crippen molar-refractivity contribution in [2.45, 2.75) is 13.0 Å². The van der Waals surface area contributed by atoms with Gasteiger partial charge in [0.2, 0.25) is 0 Å². The molecule has 3 rings (SSSR count). The van der Waals surface area contributed by atoms with Crippen LogP contribution in [0.5, 0.6) is 23.0 Å². The highest BCUT2D eigenvalue weighted by molar-refractivity contribution is 5.37. The van der Waals surface area contributed by atoms with Crippen LogP contribution < -0.4 is 14.2 Å². The quantitative estimate of drug-likeness (QED) is 0.543. The predicted molar refractivity (Wildman–Crippen MR) is 90.4 cm³/mol. The van der Waals surface area contributed by atoms with Crippen LogP contribution in [0.25, 0.3) is 0 Å². The van der Waals surface area contributed by atoms with Crippen LogP contribution >= 0.6 is 0 Å². The molecule has 0 saturated heterocycles. The second-order valence-electron chi connectivity index (χ2n) is 5.37. The molecule has 6 heteroatoms. The molecule has 0 atom stereocenters. The van der Waals surface area contributed by atoms with Gasteiger partial charge in [0.1, 0.15) is 29.6 Å². The van der Waals surface area contributed by atoms with E-state index in [9.17, 15) is 13.2 Å². The third-order valence-electron chi connectivity index (χ3n) is 3.37. The van der Waals surface area contributed by atoms with Crippen molar-refractivity contribution in [1.29, 1.82) is 0 Å². The average Bonchev–Trinajstić information content (AvgIpc) is 2.62. The van der Waals surface area contributed by atoms with Gasteiger partial charge in [-0.15, -0.1) is 13.2 Å². The van der Waals surface area contributed by atoms with Crippen molar-refractivity contribution in [3.05, 3.63) is 84.4 Å². The second-order valence-corrected chi connectivity index (χ2v) is 5.37. The summed E-state index contributed by atoms with van der Waals surface area (Å²) >= 11 is 0. The van der Waals surface area contributed by atoms with Gasteiger partial charge in [0.05, 0.1) is 0 Å². The Hall–Kier alpha value is -3.15. The van der Waals surface area contributed by atoms with Crippen LogP contribution in [0.4, 0.5) is 13.2 Å². The fraction of sp³-hybridized carbons (Fsp3) is 0.100. The summed E-state index contributed by atoms with van der Waals surface area (Å²) in [6, 6.07) is 22.0. The largest absolute Gasteiger partial charge is 0.573 e. The molecular formula is C20H15F3O3. The Balaban J connectivity index is 1.55. The van der Waals surface area contributed by atoms with E-state index >= 15 is 0 Å². The van der Waals surface area contributed by atoms with E-state index in [1.54, 1.807) is 24.3 Å². The molecule has 26 heavy (non-hydrogen) atoms. The highest BCUT2D eigenvalue weighted by Crippen LogP contribution is 2.28. The standard InChI is InChI=1S/C20H15F3O3/c21-20(22,23)26-19-12-10-18(11-13-19)25-17-8-6-16(7-9-17)24-14-15-4-2-1-3-5-15/h1-13H,14H2. The van der Waals surface area contributed by atoms with Gasteiger partial charge in [-0.05, 0) is 54.1 Å². The van der Waals surface area contributed by atoms with Gasteiger partial charge in [-0.2, -0.15) is 0 Å². The van der Waals surface area contributed by atoms with Gasteiger partial charge in [0.25, 0.3) is 0 Å². The lowest BCUT2D eigenvalue weighted by Gasteiger charge is -2.10. The first kappa shape index (κ1) is 17.7. The monoisotopic (exact) mass is 360 g/mol. The van der Waals surface area contributed by atoms with Gasteiger partial charge in [-0.3, -0.25) is 0 Å². The number of halogens is 3. The van der Waals surface area contributed by atoms with Gasteiger partial charge in [0.15, 0.2) is 0 Å². The molecule has 0 amide bonds. The lowest BCUT2D eigenvalue weighted by atomic mass is 10.2. The fourth-order valence-corrected chi connectivity index (χ4v) is 2.19. The van der Waals surface area contributed by atoms with Crippen molar-refractivity contribution < 1.29 is 27.4 Å². The van der Waals surface area contributed by atoms with E-state index in [-0.39, 0.29) is 5.75 Å². The molecule has 0 spiro atoms. The lowest BCUT2D eigenvalue weighted by Crippen LogP contribution is -2.16. The Morgan fingerprint density at radius 3 is 1.65 bits per heavy atom. The summed E-state index contributed by atoms with van der Waals surface area (Å²) in [5.74, 6) is 1.34. The number of hydrogen-bond donors (Lipinski definition) is 0. The maximum Gasteiger partial charge on any atom is 0.573 e. The molecule has 0 saturated carbocycles. The molecule has 0 heterocycles. The minimum atomic E-state index is -4.71. The molecular weight excluding hydrogens is 345 g/mol. The molecule has 0 bridgehead atoms. The molecule has 0 N–H and O–H groups in total. The molecule has 134 valence electrons. The molecule has 0 aliphatic heterocycles. The molecule has 3 nitrogen and oxygen atoms in total. The van der Waals surface area contributed by atoms with Crippen LogP contribution in [0.3, 0.4) is 0 Å². The van der Waals surface area contributed by atoms with Crippen molar-refractivity contribution >= 4 is 0 Å². The molecule has 0 unspecified atom stereocenters. The van der Waals surface area contributed by atoms with Crippen molar-refractivity contribution in [1.82, 2.24) is 0 Å². The molecule has 3 aromatic carbocycles. The van der Waals surface area contributed by atoms with Gasteiger partial charge in [0, 0.05) is 0 Å². The highest BCUT2D eigenvalue weighted by atomic mass is 19.4. The van der Waals surface area contributed by atoms with E-state index in [2.05, 4.69) is 4.74 Å². The first-order chi connectivity index (χ1) is 12.5. The van der Waals surface area contributed by atoms with Crippen LogP contribution in [0.15, 0.2) is 78.9 Å². The summed E-state index contributed by atoms with van der Waals surface area (Å²) < 4.78 is 51.5. The maximum atomic E-state index is 12.1. The number of ether oxygens (including phenoxy) is 3. The zero-order valence-corrected chi connectivity index (χ0v) is 13.6. The summed E-state index contributed by atoms with van der Waals surface area (Å²) in [6.07, 6.45) is -4.71. The van der Waals surface area contributed by atoms with Gasteiger partial charge >= 0.3 is 6.36 Å². The van der Waals surface area contributed by atoms with Crippen molar-refractivity contribution in [2.75, 3.05) is 0 Å². The van der Waals surface area contributed by atoms with E-state index < -0.39 is 6.36 Å². The van der Waals surface area contributed by atoms with Crippen molar-refractivity contribution in [3.63, 3.8) is 0 Å². The Morgan fingerprint density at radius 1 is 0.615 bits per heavy atom. The van der Waals surface area contributed by atoms with Crippen molar-refractivity contribution in [2.24, 2.45) is 0 Å². The maximum absolute atomic E-state index is 12.1. The first-order valence-electron chi connectivity index (χ1n) is 7.78. The first-order valence-corrected chi connectivity index (χ1v) is 7.78. The minimum Gasteiger partial charge on any atom is -0.489 e. The molecule has 0 fully saturated rings. The fourth-order valence-electron chi connectivity index (χ4n) is 2.19. The lowest BCUT2D eigenvalue weighted by molar-refractivity contribution is -0.274. The number of benzene rings is 3. The van der Waals surface area contributed by atoms with E-state index in [0.29, 0.717) is 23.9 Å². The van der Waals surface area contributed by atoms with E-state index in [1.165, 1.54) is 24.3 Å². The van der Waals surface area contributed by atoms with Crippen LogP contribution in [-0.2, 0) is 6.61 Å². The number of hydrogen-bond acceptors (Lipinski definition) is 3. The van der Waals surface area contributed by atoms with E-state index in [0.717, 1.165) is 5.56 Å². The Labute approximate surface area is 148 Å². The second kappa shape index (κ2) is 7.82. The summed E-state index contributed by atoms with van der Waals surface area (Å²) in [4.78, 5) is 0. The highest BCUT2D eigenvalue weighted by Gasteiger charge is 2.30. The summed E-state index contributed by atoms with van der Waals surface area (Å²) in [5, 5.41) is 0. The van der Waals surface area contributed by atoms with Crippen molar-refractivity contribution in [3.8, 4) is 23.0 Å². The molecule has 3 aromatic rings. The molecule has 0 radical (unpaired) electrons. The van der Waals surface area contributed by atoms with E-state index in [1.807, 2.05) is 30.3 Å². The zero-order chi connectivity index (χ0) is 18.4.